The first-order valence-electron chi connectivity index (χ1n) is 7.49. The molecule has 0 aliphatic rings. The van der Waals surface area contributed by atoms with Gasteiger partial charge in [0.15, 0.2) is 0 Å². The van der Waals surface area contributed by atoms with Crippen LogP contribution < -0.4 is 5.32 Å². The molecular weight excluding hydrogens is 264 g/mol. The lowest BCUT2D eigenvalue weighted by Gasteiger charge is -2.23. The van der Waals surface area contributed by atoms with Crippen molar-refractivity contribution in [3.05, 3.63) is 29.3 Å². The summed E-state index contributed by atoms with van der Waals surface area (Å²) in [5, 5.41) is 2.96. The number of carbonyl (C=O) groups is 2. The van der Waals surface area contributed by atoms with Crippen LogP contribution in [0.15, 0.2) is 18.2 Å². The molecule has 0 atom stereocenters. The molecule has 0 aromatic heterocycles. The van der Waals surface area contributed by atoms with Crippen LogP contribution in [-0.2, 0) is 16.0 Å². The minimum Gasteiger partial charge on any atom is -0.333 e. The van der Waals surface area contributed by atoms with E-state index in [1.165, 1.54) is 6.92 Å². The summed E-state index contributed by atoms with van der Waals surface area (Å²) in [6.07, 6.45) is 0.861. The quantitative estimate of drug-likeness (QED) is 0.875. The standard InChI is InChI=1S/C17H26N2O2/c1-6-15-9-7-8-13(4)17(15)18-16(21)11-19(14(5)20)10-12(2)3/h7-9,12H,6,10-11H2,1-5H3,(H,18,21). The van der Waals surface area contributed by atoms with Crippen LogP contribution in [0.25, 0.3) is 0 Å². The molecule has 0 bridgehead atoms. The highest BCUT2D eigenvalue weighted by atomic mass is 16.2. The molecule has 116 valence electrons. The van der Waals surface area contributed by atoms with E-state index in [-0.39, 0.29) is 18.4 Å². The van der Waals surface area contributed by atoms with Gasteiger partial charge < -0.3 is 10.2 Å². The smallest absolute Gasteiger partial charge is 0.244 e. The molecule has 0 aliphatic heterocycles. The number of para-hydroxylation sites is 1. The maximum Gasteiger partial charge on any atom is 0.244 e. The fourth-order valence-electron chi connectivity index (χ4n) is 2.30. The van der Waals surface area contributed by atoms with E-state index in [1.54, 1.807) is 4.90 Å². The molecule has 4 nitrogen and oxygen atoms in total. The number of hydrogen-bond acceptors (Lipinski definition) is 2. The van der Waals surface area contributed by atoms with Crippen molar-refractivity contribution >= 4 is 17.5 Å². The zero-order chi connectivity index (χ0) is 16.0. The third-order valence-corrected chi connectivity index (χ3v) is 3.37. The Labute approximate surface area is 127 Å². The number of amides is 2. The van der Waals surface area contributed by atoms with Gasteiger partial charge in [0, 0.05) is 19.2 Å². The second-order valence-corrected chi connectivity index (χ2v) is 5.80. The first-order chi connectivity index (χ1) is 9.85. The number of aryl methyl sites for hydroxylation is 2. The summed E-state index contributed by atoms with van der Waals surface area (Å²) in [6.45, 7) is 10.3. The number of rotatable bonds is 6. The van der Waals surface area contributed by atoms with Crippen LogP contribution in [0.3, 0.4) is 0 Å². The van der Waals surface area contributed by atoms with Gasteiger partial charge in [-0.1, -0.05) is 39.0 Å². The molecule has 0 fully saturated rings. The highest BCUT2D eigenvalue weighted by Crippen LogP contribution is 2.21. The SMILES string of the molecule is CCc1cccc(C)c1NC(=O)CN(CC(C)C)C(C)=O. The van der Waals surface area contributed by atoms with Crippen molar-refractivity contribution in [3.63, 3.8) is 0 Å². The summed E-state index contributed by atoms with van der Waals surface area (Å²) in [5.74, 6) is 0.126. The Hall–Kier alpha value is -1.84. The van der Waals surface area contributed by atoms with E-state index in [1.807, 2.05) is 39.0 Å². The first kappa shape index (κ1) is 17.2. The summed E-state index contributed by atoms with van der Waals surface area (Å²) < 4.78 is 0. The lowest BCUT2D eigenvalue weighted by molar-refractivity contribution is -0.133. The van der Waals surface area contributed by atoms with Crippen molar-refractivity contribution in [1.29, 1.82) is 0 Å². The molecule has 0 saturated heterocycles. The number of anilines is 1. The molecular formula is C17H26N2O2. The van der Waals surface area contributed by atoms with Crippen molar-refractivity contribution in [2.24, 2.45) is 5.92 Å². The van der Waals surface area contributed by atoms with Crippen LogP contribution in [0.2, 0.25) is 0 Å². The van der Waals surface area contributed by atoms with Crippen LogP contribution in [0, 0.1) is 12.8 Å². The minimum atomic E-state index is -0.144. The maximum absolute atomic E-state index is 12.2. The van der Waals surface area contributed by atoms with Gasteiger partial charge in [-0.15, -0.1) is 0 Å². The van der Waals surface area contributed by atoms with Gasteiger partial charge in [-0.3, -0.25) is 9.59 Å². The van der Waals surface area contributed by atoms with Gasteiger partial charge >= 0.3 is 0 Å². The second-order valence-electron chi connectivity index (χ2n) is 5.80. The molecule has 1 rings (SSSR count). The number of nitrogens with one attached hydrogen (secondary N) is 1. The van der Waals surface area contributed by atoms with Crippen LogP contribution in [0.5, 0.6) is 0 Å². The molecule has 4 heteroatoms. The van der Waals surface area contributed by atoms with Gasteiger partial charge in [-0.05, 0) is 30.4 Å². The Morgan fingerprint density at radius 2 is 1.95 bits per heavy atom. The summed E-state index contributed by atoms with van der Waals surface area (Å²) in [6, 6.07) is 5.98. The van der Waals surface area contributed by atoms with Crippen molar-refractivity contribution in [2.45, 2.75) is 41.0 Å². The molecule has 1 aromatic carbocycles. The topological polar surface area (TPSA) is 49.4 Å². The fourth-order valence-corrected chi connectivity index (χ4v) is 2.30. The van der Waals surface area contributed by atoms with Crippen LogP contribution in [0.1, 0.15) is 38.8 Å². The average Bonchev–Trinajstić information content (AvgIpc) is 2.39. The van der Waals surface area contributed by atoms with Gasteiger partial charge in [0.25, 0.3) is 0 Å². The van der Waals surface area contributed by atoms with Gasteiger partial charge in [0.1, 0.15) is 0 Å². The second kappa shape index (κ2) is 7.81. The molecule has 2 amide bonds. The predicted molar refractivity (Wildman–Crippen MR) is 86.3 cm³/mol. The third-order valence-electron chi connectivity index (χ3n) is 3.37. The lowest BCUT2D eigenvalue weighted by atomic mass is 10.1. The zero-order valence-corrected chi connectivity index (χ0v) is 13.7. The van der Waals surface area contributed by atoms with E-state index in [2.05, 4.69) is 12.2 Å². The highest BCUT2D eigenvalue weighted by Gasteiger charge is 2.16. The van der Waals surface area contributed by atoms with Gasteiger partial charge in [-0.25, -0.2) is 0 Å². The summed E-state index contributed by atoms with van der Waals surface area (Å²) in [7, 11) is 0. The zero-order valence-electron chi connectivity index (χ0n) is 13.7. The van der Waals surface area contributed by atoms with Crippen molar-refractivity contribution in [1.82, 2.24) is 4.90 Å². The lowest BCUT2D eigenvalue weighted by Crippen LogP contribution is -2.39. The largest absolute Gasteiger partial charge is 0.333 e. The van der Waals surface area contributed by atoms with Crippen molar-refractivity contribution in [3.8, 4) is 0 Å². The number of carbonyl (C=O) groups excluding carboxylic acids is 2. The monoisotopic (exact) mass is 290 g/mol. The van der Waals surface area contributed by atoms with Crippen LogP contribution in [0.4, 0.5) is 5.69 Å². The van der Waals surface area contributed by atoms with Crippen molar-refractivity contribution in [2.75, 3.05) is 18.4 Å². The molecule has 0 saturated carbocycles. The van der Waals surface area contributed by atoms with E-state index in [0.717, 1.165) is 23.2 Å². The fraction of sp³-hybridized carbons (Fsp3) is 0.529. The van der Waals surface area contributed by atoms with Crippen molar-refractivity contribution < 1.29 is 9.59 Å². The molecule has 0 spiro atoms. The Bertz CT molecular complexity index is 510. The highest BCUT2D eigenvalue weighted by molar-refractivity contribution is 5.95. The Morgan fingerprint density at radius 3 is 2.48 bits per heavy atom. The normalized spacial score (nSPS) is 10.6. The predicted octanol–water partition coefficient (Wildman–Crippen LogP) is 3.00. The Kier molecular flexibility index (Phi) is 6.40. The van der Waals surface area contributed by atoms with E-state index >= 15 is 0 Å². The van der Waals surface area contributed by atoms with E-state index in [0.29, 0.717) is 12.5 Å². The third kappa shape index (κ3) is 5.21. The summed E-state index contributed by atoms with van der Waals surface area (Å²) in [5.41, 5.74) is 3.03. The number of hydrogen-bond donors (Lipinski definition) is 1. The summed E-state index contributed by atoms with van der Waals surface area (Å²) >= 11 is 0. The van der Waals surface area contributed by atoms with E-state index in [4.69, 9.17) is 0 Å². The molecule has 1 aromatic rings. The Morgan fingerprint density at radius 1 is 1.29 bits per heavy atom. The van der Waals surface area contributed by atoms with Crippen LogP contribution >= 0.6 is 0 Å². The van der Waals surface area contributed by atoms with Gasteiger partial charge in [0.2, 0.25) is 11.8 Å². The van der Waals surface area contributed by atoms with E-state index in [9.17, 15) is 9.59 Å². The van der Waals surface area contributed by atoms with Crippen LogP contribution in [-0.4, -0.2) is 29.8 Å². The van der Waals surface area contributed by atoms with Gasteiger partial charge in [0.05, 0.1) is 6.54 Å². The number of nitrogens with zero attached hydrogens (tertiary/aromatic N) is 1. The molecule has 0 unspecified atom stereocenters. The number of benzene rings is 1. The minimum absolute atomic E-state index is 0.0700. The van der Waals surface area contributed by atoms with E-state index < -0.39 is 0 Å². The Balaban J connectivity index is 2.79. The molecule has 0 heterocycles. The van der Waals surface area contributed by atoms with Gasteiger partial charge in [-0.2, -0.15) is 0 Å². The molecule has 0 radical (unpaired) electrons. The first-order valence-corrected chi connectivity index (χ1v) is 7.49. The maximum atomic E-state index is 12.2. The molecule has 0 aliphatic carbocycles. The summed E-state index contributed by atoms with van der Waals surface area (Å²) in [4.78, 5) is 25.4. The average molecular weight is 290 g/mol. The molecule has 21 heavy (non-hydrogen) atoms. The molecule has 1 N–H and O–H groups in total.